The summed E-state index contributed by atoms with van der Waals surface area (Å²) in [5.41, 5.74) is -0.283. The Labute approximate surface area is 118 Å². The predicted molar refractivity (Wildman–Crippen MR) is 70.9 cm³/mol. The van der Waals surface area contributed by atoms with Crippen molar-refractivity contribution in [2.24, 2.45) is 0 Å². The molecule has 0 bridgehead atoms. The van der Waals surface area contributed by atoms with Gasteiger partial charge in [0.15, 0.2) is 11.5 Å². The van der Waals surface area contributed by atoms with Crippen molar-refractivity contribution in [3.05, 3.63) is 52.3 Å². The minimum absolute atomic E-state index is 0.131. The number of nitrogens with zero attached hydrogens (tertiary/aromatic N) is 2. The van der Waals surface area contributed by atoms with Gasteiger partial charge in [-0.2, -0.15) is 0 Å². The molecule has 2 rings (SSSR count). The molecule has 0 saturated carbocycles. The van der Waals surface area contributed by atoms with Gasteiger partial charge >= 0.3 is 5.97 Å². The quantitative estimate of drug-likeness (QED) is 0.664. The van der Waals surface area contributed by atoms with E-state index < -0.39 is 10.9 Å². The second-order valence-electron chi connectivity index (χ2n) is 3.88. The number of carboxylic acids is 1. The molecule has 8 nitrogen and oxygen atoms in total. The number of non-ortho nitro benzene ring substituents is 1. The zero-order chi connectivity index (χ0) is 15.4. The number of hydrogen-bond donors (Lipinski definition) is 1. The molecule has 0 radical (unpaired) electrons. The van der Waals surface area contributed by atoms with Crippen LogP contribution in [0.3, 0.4) is 0 Å². The van der Waals surface area contributed by atoms with E-state index in [1.165, 1.54) is 43.6 Å². The van der Waals surface area contributed by atoms with Gasteiger partial charge in [0.1, 0.15) is 11.4 Å². The van der Waals surface area contributed by atoms with E-state index in [1.54, 1.807) is 0 Å². The third-order valence-electron chi connectivity index (χ3n) is 2.54. The van der Waals surface area contributed by atoms with Gasteiger partial charge in [-0.25, -0.2) is 9.78 Å². The van der Waals surface area contributed by atoms with Crippen molar-refractivity contribution in [2.75, 3.05) is 7.11 Å². The van der Waals surface area contributed by atoms with Gasteiger partial charge < -0.3 is 14.6 Å². The lowest BCUT2D eigenvalue weighted by atomic mass is 10.3. The number of aromatic nitrogens is 1. The SMILES string of the molecule is COc1ccc([N+](=O)[O-])cc1Oc1ccc(C(=O)O)nc1. The van der Waals surface area contributed by atoms with Crippen molar-refractivity contribution in [1.82, 2.24) is 4.98 Å². The van der Waals surface area contributed by atoms with Crippen LogP contribution in [0, 0.1) is 10.1 Å². The third kappa shape index (κ3) is 3.24. The summed E-state index contributed by atoms with van der Waals surface area (Å²) in [6.45, 7) is 0. The van der Waals surface area contributed by atoms with Crippen molar-refractivity contribution in [3.8, 4) is 17.2 Å². The van der Waals surface area contributed by atoms with Crippen LogP contribution in [-0.2, 0) is 0 Å². The van der Waals surface area contributed by atoms with E-state index in [2.05, 4.69) is 4.98 Å². The van der Waals surface area contributed by atoms with E-state index in [0.29, 0.717) is 5.75 Å². The smallest absolute Gasteiger partial charge is 0.354 e. The standard InChI is InChI=1S/C13H10N2O6/c1-20-11-5-2-8(15(18)19)6-12(11)21-9-3-4-10(13(16)17)14-7-9/h2-7H,1H3,(H,16,17). The highest BCUT2D eigenvalue weighted by molar-refractivity contribution is 5.85. The van der Waals surface area contributed by atoms with Crippen LogP contribution < -0.4 is 9.47 Å². The average molecular weight is 290 g/mol. The Morgan fingerprint density at radius 1 is 1.29 bits per heavy atom. The molecule has 1 heterocycles. The van der Waals surface area contributed by atoms with E-state index >= 15 is 0 Å². The molecule has 2 aromatic rings. The Morgan fingerprint density at radius 3 is 2.57 bits per heavy atom. The van der Waals surface area contributed by atoms with E-state index in [0.717, 1.165) is 0 Å². The highest BCUT2D eigenvalue weighted by atomic mass is 16.6. The fraction of sp³-hybridized carbons (Fsp3) is 0.0769. The van der Waals surface area contributed by atoms with Gasteiger partial charge in [-0.15, -0.1) is 0 Å². The van der Waals surface area contributed by atoms with E-state index in [-0.39, 0.29) is 22.9 Å². The molecule has 0 aliphatic heterocycles. The summed E-state index contributed by atoms with van der Waals surface area (Å²) < 4.78 is 10.5. The second kappa shape index (κ2) is 5.87. The Hall–Kier alpha value is -3.16. The first-order valence-corrected chi connectivity index (χ1v) is 5.71. The van der Waals surface area contributed by atoms with Gasteiger partial charge in [0.05, 0.1) is 24.3 Å². The Kier molecular flexibility index (Phi) is 3.98. The molecule has 0 saturated heterocycles. The summed E-state index contributed by atoms with van der Waals surface area (Å²) in [7, 11) is 1.40. The number of nitro benzene ring substituents is 1. The molecule has 1 aromatic carbocycles. The molecule has 0 aliphatic rings. The zero-order valence-electron chi connectivity index (χ0n) is 10.8. The van der Waals surface area contributed by atoms with Crippen LogP contribution in [0.1, 0.15) is 10.5 Å². The number of carboxylic acid groups (broad SMARTS) is 1. The van der Waals surface area contributed by atoms with Gasteiger partial charge in [0, 0.05) is 6.07 Å². The number of ether oxygens (including phenoxy) is 2. The van der Waals surface area contributed by atoms with Crippen LogP contribution in [-0.4, -0.2) is 28.1 Å². The van der Waals surface area contributed by atoms with Crippen LogP contribution in [0.15, 0.2) is 36.5 Å². The second-order valence-corrected chi connectivity index (χ2v) is 3.88. The van der Waals surface area contributed by atoms with Crippen LogP contribution in [0.4, 0.5) is 5.69 Å². The van der Waals surface area contributed by atoms with E-state index in [9.17, 15) is 14.9 Å². The zero-order valence-corrected chi connectivity index (χ0v) is 10.8. The molecule has 0 atom stereocenters. The van der Waals surface area contributed by atoms with Gasteiger partial charge in [0.2, 0.25) is 0 Å². The molecular formula is C13H10N2O6. The van der Waals surface area contributed by atoms with E-state index in [1.807, 2.05) is 0 Å². The number of aromatic carboxylic acids is 1. The molecule has 1 aromatic heterocycles. The van der Waals surface area contributed by atoms with Crippen molar-refractivity contribution in [3.63, 3.8) is 0 Å². The number of hydrogen-bond acceptors (Lipinski definition) is 6. The fourth-order valence-corrected chi connectivity index (χ4v) is 1.55. The van der Waals surface area contributed by atoms with Crippen LogP contribution in [0.2, 0.25) is 0 Å². The predicted octanol–water partition coefficient (Wildman–Crippen LogP) is 2.49. The fourth-order valence-electron chi connectivity index (χ4n) is 1.55. The molecule has 0 fully saturated rings. The maximum Gasteiger partial charge on any atom is 0.354 e. The van der Waals surface area contributed by atoms with Crippen molar-refractivity contribution in [2.45, 2.75) is 0 Å². The lowest BCUT2D eigenvalue weighted by molar-refractivity contribution is -0.384. The first-order valence-electron chi connectivity index (χ1n) is 5.71. The number of benzene rings is 1. The van der Waals surface area contributed by atoms with Gasteiger partial charge in [-0.05, 0) is 18.2 Å². The normalized spacial score (nSPS) is 9.95. The topological polar surface area (TPSA) is 112 Å². The monoisotopic (exact) mass is 290 g/mol. The Balaban J connectivity index is 2.31. The van der Waals surface area contributed by atoms with Crippen molar-refractivity contribution in [1.29, 1.82) is 0 Å². The summed E-state index contributed by atoms with van der Waals surface area (Å²) in [6, 6.07) is 6.57. The number of carbonyl (C=O) groups is 1. The lowest BCUT2D eigenvalue weighted by Crippen LogP contribution is -1.99. The summed E-state index contributed by atoms with van der Waals surface area (Å²) >= 11 is 0. The molecule has 0 spiro atoms. The van der Waals surface area contributed by atoms with Crippen LogP contribution in [0.5, 0.6) is 17.2 Å². The maximum atomic E-state index is 10.8. The minimum Gasteiger partial charge on any atom is -0.493 e. The number of pyridine rings is 1. The highest BCUT2D eigenvalue weighted by Crippen LogP contribution is 2.34. The number of methoxy groups -OCH3 is 1. The van der Waals surface area contributed by atoms with Gasteiger partial charge in [-0.3, -0.25) is 10.1 Å². The summed E-state index contributed by atoms with van der Waals surface area (Å²) in [6.07, 6.45) is 1.21. The largest absolute Gasteiger partial charge is 0.493 e. The molecule has 1 N–H and O–H groups in total. The molecule has 0 unspecified atom stereocenters. The number of nitro groups is 1. The molecule has 0 aliphatic carbocycles. The third-order valence-corrected chi connectivity index (χ3v) is 2.54. The minimum atomic E-state index is -1.16. The van der Waals surface area contributed by atoms with E-state index in [4.69, 9.17) is 14.6 Å². The summed E-state index contributed by atoms with van der Waals surface area (Å²) in [5.74, 6) is -0.479. The highest BCUT2D eigenvalue weighted by Gasteiger charge is 2.13. The summed E-state index contributed by atoms with van der Waals surface area (Å²) in [5, 5.41) is 19.5. The Bertz CT molecular complexity index is 684. The van der Waals surface area contributed by atoms with Gasteiger partial charge in [-0.1, -0.05) is 0 Å². The van der Waals surface area contributed by atoms with Crippen LogP contribution in [0.25, 0.3) is 0 Å². The lowest BCUT2D eigenvalue weighted by Gasteiger charge is -2.09. The molecule has 108 valence electrons. The van der Waals surface area contributed by atoms with Crippen molar-refractivity contribution < 1.29 is 24.3 Å². The Morgan fingerprint density at radius 2 is 2.05 bits per heavy atom. The maximum absolute atomic E-state index is 10.8. The van der Waals surface area contributed by atoms with Crippen LogP contribution >= 0.6 is 0 Å². The first-order chi connectivity index (χ1) is 10.0. The average Bonchev–Trinajstić information content (AvgIpc) is 2.47. The van der Waals surface area contributed by atoms with Gasteiger partial charge in [0.25, 0.3) is 5.69 Å². The molecule has 0 amide bonds. The van der Waals surface area contributed by atoms with Crippen molar-refractivity contribution >= 4 is 11.7 Å². The molecule has 21 heavy (non-hydrogen) atoms. The molecular weight excluding hydrogens is 280 g/mol. The summed E-state index contributed by atoms with van der Waals surface area (Å²) in [4.78, 5) is 24.6. The first kappa shape index (κ1) is 14.3. The molecule has 8 heteroatoms. The number of rotatable bonds is 5.